The topological polar surface area (TPSA) is 56.7 Å². The van der Waals surface area contributed by atoms with Crippen molar-refractivity contribution in [3.05, 3.63) is 0 Å². The minimum absolute atomic E-state index is 0.0407. The molecule has 114 valence electrons. The van der Waals surface area contributed by atoms with Gasteiger partial charge in [0.1, 0.15) is 6.54 Å². The van der Waals surface area contributed by atoms with Gasteiger partial charge in [-0.1, -0.05) is 19.8 Å². The molecule has 0 aromatic heterocycles. The number of amides is 1. The Labute approximate surface area is 122 Å². The number of hydrogen-bond donors (Lipinski definition) is 2. The molecule has 2 aliphatic carbocycles. The van der Waals surface area contributed by atoms with Gasteiger partial charge in [-0.15, -0.1) is 0 Å². The van der Waals surface area contributed by atoms with E-state index in [1.54, 1.807) is 19.0 Å². The highest BCUT2D eigenvalue weighted by atomic mass is 16.2. The van der Waals surface area contributed by atoms with Gasteiger partial charge in [0, 0.05) is 26.2 Å². The molecular weight excluding hydrogens is 252 g/mol. The molecule has 2 rings (SSSR count). The van der Waals surface area contributed by atoms with Crippen LogP contribution >= 0.6 is 0 Å². The molecule has 5 heteroatoms. The van der Waals surface area contributed by atoms with Gasteiger partial charge < -0.3 is 15.5 Å². The van der Waals surface area contributed by atoms with Crippen molar-refractivity contribution in [3.8, 4) is 0 Å². The first-order chi connectivity index (χ1) is 9.54. The Hall–Kier alpha value is -1.26. The molecule has 0 heterocycles. The van der Waals surface area contributed by atoms with E-state index in [1.807, 2.05) is 0 Å². The molecule has 2 atom stereocenters. The molecule has 0 spiro atoms. The Balaban J connectivity index is 1.88. The predicted octanol–water partition coefficient (Wildman–Crippen LogP) is 1.35. The monoisotopic (exact) mass is 280 g/mol. The zero-order valence-corrected chi connectivity index (χ0v) is 13.0. The Morgan fingerprint density at radius 2 is 1.85 bits per heavy atom. The lowest BCUT2D eigenvalue weighted by molar-refractivity contribution is -0.127. The summed E-state index contributed by atoms with van der Waals surface area (Å²) in [4.78, 5) is 17.7. The largest absolute Gasteiger partial charge is 0.354 e. The molecule has 1 amide bonds. The maximum atomic E-state index is 11.7. The maximum absolute atomic E-state index is 11.7. The number of nitrogens with one attached hydrogen (secondary N) is 2. The van der Waals surface area contributed by atoms with E-state index in [4.69, 9.17) is 0 Å². The molecule has 2 fully saturated rings. The number of likely N-dealkylation sites (N-methyl/N-ethyl adjacent to an activating group) is 1. The molecule has 2 aliphatic rings. The molecule has 2 N–H and O–H groups in total. The lowest BCUT2D eigenvalue weighted by Gasteiger charge is -2.29. The van der Waals surface area contributed by atoms with Gasteiger partial charge in [-0.3, -0.25) is 4.79 Å². The van der Waals surface area contributed by atoms with E-state index in [-0.39, 0.29) is 12.5 Å². The molecule has 0 aliphatic heterocycles. The van der Waals surface area contributed by atoms with Gasteiger partial charge in [0.15, 0.2) is 5.96 Å². The standard InChI is InChI=1S/C15H28N4O/c1-11-5-4-6-13(9-11)18-15(17-12-7-8-12)16-10-14(20)19(2)3/h11-13H,4-10H2,1-3H3,(H2,16,17,18). The number of aliphatic imine (C=N–C) groups is 1. The molecule has 5 nitrogen and oxygen atoms in total. The minimum Gasteiger partial charge on any atom is -0.354 e. The fourth-order valence-electron chi connectivity index (χ4n) is 2.60. The molecule has 0 saturated heterocycles. The summed E-state index contributed by atoms with van der Waals surface area (Å²) in [6.45, 7) is 2.53. The van der Waals surface area contributed by atoms with Crippen LogP contribution in [-0.2, 0) is 4.79 Å². The highest BCUT2D eigenvalue weighted by Gasteiger charge is 2.25. The molecule has 0 bridgehead atoms. The Morgan fingerprint density at radius 1 is 1.15 bits per heavy atom. The number of nitrogens with zero attached hydrogens (tertiary/aromatic N) is 2. The zero-order valence-electron chi connectivity index (χ0n) is 13.0. The summed E-state index contributed by atoms with van der Waals surface area (Å²) in [7, 11) is 3.53. The van der Waals surface area contributed by atoms with Crippen molar-refractivity contribution in [2.24, 2.45) is 10.9 Å². The van der Waals surface area contributed by atoms with E-state index < -0.39 is 0 Å². The summed E-state index contributed by atoms with van der Waals surface area (Å²) < 4.78 is 0. The van der Waals surface area contributed by atoms with Crippen LogP contribution in [0.15, 0.2) is 4.99 Å². The fourth-order valence-corrected chi connectivity index (χ4v) is 2.60. The van der Waals surface area contributed by atoms with Crippen LogP contribution in [0.25, 0.3) is 0 Å². The third-order valence-electron chi connectivity index (χ3n) is 4.07. The van der Waals surface area contributed by atoms with Gasteiger partial charge in [0.05, 0.1) is 0 Å². The molecule has 2 unspecified atom stereocenters. The maximum Gasteiger partial charge on any atom is 0.243 e. The minimum atomic E-state index is 0.0407. The summed E-state index contributed by atoms with van der Waals surface area (Å²) in [6, 6.07) is 1.05. The molecule has 0 radical (unpaired) electrons. The van der Waals surface area contributed by atoms with Crippen molar-refractivity contribution in [1.82, 2.24) is 15.5 Å². The fraction of sp³-hybridized carbons (Fsp3) is 0.867. The van der Waals surface area contributed by atoms with Crippen LogP contribution in [0.1, 0.15) is 45.4 Å². The van der Waals surface area contributed by atoms with Crippen molar-refractivity contribution in [2.75, 3.05) is 20.6 Å². The number of carbonyl (C=O) groups is 1. The lowest BCUT2D eigenvalue weighted by atomic mass is 9.87. The van der Waals surface area contributed by atoms with Crippen LogP contribution in [-0.4, -0.2) is 49.5 Å². The molecule has 2 saturated carbocycles. The summed E-state index contributed by atoms with van der Waals surface area (Å²) >= 11 is 0. The van der Waals surface area contributed by atoms with Gasteiger partial charge in [-0.25, -0.2) is 4.99 Å². The summed E-state index contributed by atoms with van der Waals surface area (Å²) in [5.41, 5.74) is 0. The Bertz CT molecular complexity index is 363. The number of rotatable bonds is 4. The van der Waals surface area contributed by atoms with E-state index in [0.717, 1.165) is 11.9 Å². The van der Waals surface area contributed by atoms with Crippen LogP contribution in [0.3, 0.4) is 0 Å². The summed E-state index contributed by atoms with van der Waals surface area (Å²) in [6.07, 6.45) is 7.45. The van der Waals surface area contributed by atoms with Crippen LogP contribution in [0.5, 0.6) is 0 Å². The lowest BCUT2D eigenvalue weighted by Crippen LogP contribution is -2.46. The van der Waals surface area contributed by atoms with E-state index in [0.29, 0.717) is 12.1 Å². The van der Waals surface area contributed by atoms with E-state index in [2.05, 4.69) is 22.5 Å². The van der Waals surface area contributed by atoms with Crippen LogP contribution in [0.4, 0.5) is 0 Å². The van der Waals surface area contributed by atoms with Gasteiger partial charge in [-0.05, 0) is 31.6 Å². The second-order valence-corrected chi connectivity index (χ2v) is 6.48. The number of carbonyl (C=O) groups excluding carboxylic acids is 1. The smallest absolute Gasteiger partial charge is 0.243 e. The van der Waals surface area contributed by atoms with E-state index in [1.165, 1.54) is 38.5 Å². The van der Waals surface area contributed by atoms with Crippen LogP contribution < -0.4 is 10.6 Å². The number of guanidine groups is 1. The second-order valence-electron chi connectivity index (χ2n) is 6.48. The average Bonchev–Trinajstić information content (AvgIpc) is 3.19. The SMILES string of the molecule is CC1CCCC(NC(=NCC(=O)N(C)C)NC2CC2)C1. The predicted molar refractivity (Wildman–Crippen MR) is 81.7 cm³/mol. The molecule has 0 aromatic rings. The highest BCUT2D eigenvalue weighted by molar-refractivity contribution is 5.85. The first-order valence-corrected chi connectivity index (χ1v) is 7.82. The first-order valence-electron chi connectivity index (χ1n) is 7.82. The van der Waals surface area contributed by atoms with Crippen molar-refractivity contribution < 1.29 is 4.79 Å². The van der Waals surface area contributed by atoms with E-state index >= 15 is 0 Å². The molecule has 0 aromatic carbocycles. The summed E-state index contributed by atoms with van der Waals surface area (Å²) in [5, 5.41) is 6.94. The number of hydrogen-bond acceptors (Lipinski definition) is 2. The van der Waals surface area contributed by atoms with Crippen molar-refractivity contribution in [3.63, 3.8) is 0 Å². The van der Waals surface area contributed by atoms with Gasteiger partial charge in [-0.2, -0.15) is 0 Å². The zero-order chi connectivity index (χ0) is 14.5. The normalized spacial score (nSPS) is 27.1. The van der Waals surface area contributed by atoms with Crippen LogP contribution in [0, 0.1) is 5.92 Å². The second kappa shape index (κ2) is 6.95. The third-order valence-corrected chi connectivity index (χ3v) is 4.07. The van der Waals surface area contributed by atoms with Crippen molar-refractivity contribution in [2.45, 2.75) is 57.5 Å². The quantitative estimate of drug-likeness (QED) is 0.604. The third kappa shape index (κ3) is 5.02. The van der Waals surface area contributed by atoms with Gasteiger partial charge >= 0.3 is 0 Å². The van der Waals surface area contributed by atoms with Crippen molar-refractivity contribution in [1.29, 1.82) is 0 Å². The van der Waals surface area contributed by atoms with Crippen molar-refractivity contribution >= 4 is 11.9 Å². The van der Waals surface area contributed by atoms with Gasteiger partial charge in [0.25, 0.3) is 0 Å². The van der Waals surface area contributed by atoms with Gasteiger partial charge in [0.2, 0.25) is 5.91 Å². The van der Waals surface area contributed by atoms with E-state index in [9.17, 15) is 4.79 Å². The Morgan fingerprint density at radius 3 is 2.45 bits per heavy atom. The highest BCUT2D eigenvalue weighted by Crippen LogP contribution is 2.24. The molecule has 20 heavy (non-hydrogen) atoms. The van der Waals surface area contributed by atoms with Crippen LogP contribution in [0.2, 0.25) is 0 Å². The first kappa shape index (κ1) is 15.1. The Kier molecular flexibility index (Phi) is 5.26. The molecular formula is C15H28N4O. The average molecular weight is 280 g/mol. The summed E-state index contributed by atoms with van der Waals surface area (Å²) in [5.74, 6) is 1.65.